The maximum absolute atomic E-state index is 9.17. The summed E-state index contributed by atoms with van der Waals surface area (Å²) in [7, 11) is 2.13. The summed E-state index contributed by atoms with van der Waals surface area (Å²) >= 11 is 0. The molecule has 1 rings (SSSR count). The summed E-state index contributed by atoms with van der Waals surface area (Å²) in [6, 6.07) is 0.641. The molecule has 0 aromatic rings. The van der Waals surface area contributed by atoms with Gasteiger partial charge in [0.2, 0.25) is 0 Å². The molecule has 0 aliphatic heterocycles. The molecule has 0 bridgehead atoms. The highest BCUT2D eigenvalue weighted by Gasteiger charge is 2.30. The molecule has 0 aromatic carbocycles. The van der Waals surface area contributed by atoms with Crippen molar-refractivity contribution in [3.63, 3.8) is 0 Å². The van der Waals surface area contributed by atoms with Crippen LogP contribution >= 0.6 is 0 Å². The van der Waals surface area contributed by atoms with Crippen molar-refractivity contribution in [1.29, 1.82) is 0 Å². The average Bonchev–Trinajstić information content (AvgIpc) is 2.16. The van der Waals surface area contributed by atoms with Crippen molar-refractivity contribution < 1.29 is 5.11 Å². The van der Waals surface area contributed by atoms with E-state index in [1.807, 2.05) is 6.92 Å². The predicted octanol–water partition coefficient (Wildman–Crippen LogP) is 1.60. The highest BCUT2D eigenvalue weighted by atomic mass is 16.3. The summed E-state index contributed by atoms with van der Waals surface area (Å²) in [5, 5.41) is 9.17. The summed E-state index contributed by atoms with van der Waals surface area (Å²) in [6.45, 7) is 7.44. The van der Waals surface area contributed by atoms with Crippen molar-refractivity contribution >= 4 is 0 Å². The fourth-order valence-electron chi connectivity index (χ4n) is 2.57. The molecule has 0 saturated heterocycles. The molecule has 3 N–H and O–H groups in total. The quantitative estimate of drug-likeness (QED) is 0.768. The summed E-state index contributed by atoms with van der Waals surface area (Å²) in [4.78, 5) is 2.32. The minimum atomic E-state index is -0.471. The molecule has 1 saturated carbocycles. The minimum absolute atomic E-state index is 0.0511. The molecule has 96 valence electrons. The van der Waals surface area contributed by atoms with Gasteiger partial charge in [-0.25, -0.2) is 0 Å². The number of likely N-dealkylation sites (N-methyl/N-ethyl adjacent to an activating group) is 1. The fraction of sp³-hybridized carbons (Fsp3) is 1.00. The van der Waals surface area contributed by atoms with Gasteiger partial charge in [0.05, 0.1) is 6.61 Å². The Balaban J connectivity index is 2.42. The largest absolute Gasteiger partial charge is 0.394 e. The molecule has 3 nitrogen and oxygen atoms in total. The van der Waals surface area contributed by atoms with Crippen LogP contribution in [-0.2, 0) is 0 Å². The van der Waals surface area contributed by atoms with Gasteiger partial charge in [0, 0.05) is 18.1 Å². The maximum Gasteiger partial charge on any atom is 0.0621 e. The third-order valence-electron chi connectivity index (χ3n) is 3.90. The van der Waals surface area contributed by atoms with Gasteiger partial charge in [-0.2, -0.15) is 0 Å². The normalized spacial score (nSPS) is 25.7. The van der Waals surface area contributed by atoms with Crippen LogP contribution < -0.4 is 5.73 Å². The topological polar surface area (TPSA) is 49.5 Å². The second kappa shape index (κ2) is 5.03. The number of rotatable bonds is 4. The van der Waals surface area contributed by atoms with E-state index in [0.29, 0.717) is 11.5 Å². The van der Waals surface area contributed by atoms with Gasteiger partial charge in [-0.05, 0) is 45.1 Å². The van der Waals surface area contributed by atoms with Gasteiger partial charge in [-0.15, -0.1) is 0 Å². The Kier molecular flexibility index (Phi) is 4.38. The van der Waals surface area contributed by atoms with Crippen molar-refractivity contribution in [1.82, 2.24) is 4.90 Å². The Bertz CT molecular complexity index is 216. The highest BCUT2D eigenvalue weighted by Crippen LogP contribution is 2.36. The van der Waals surface area contributed by atoms with Gasteiger partial charge in [0.25, 0.3) is 0 Å². The zero-order valence-electron chi connectivity index (χ0n) is 11.3. The number of hydrogen-bond donors (Lipinski definition) is 2. The highest BCUT2D eigenvalue weighted by molar-refractivity contribution is 4.87. The molecule has 0 heterocycles. The van der Waals surface area contributed by atoms with Crippen LogP contribution in [0.5, 0.6) is 0 Å². The first-order valence-electron chi connectivity index (χ1n) is 6.36. The molecule has 1 unspecified atom stereocenters. The molecule has 0 amide bonds. The lowest BCUT2D eigenvalue weighted by atomic mass is 9.75. The van der Waals surface area contributed by atoms with E-state index >= 15 is 0 Å². The molecule has 3 heteroatoms. The lowest BCUT2D eigenvalue weighted by molar-refractivity contribution is 0.0923. The molecule has 0 aromatic heterocycles. The summed E-state index contributed by atoms with van der Waals surface area (Å²) < 4.78 is 0. The van der Waals surface area contributed by atoms with E-state index in [4.69, 9.17) is 5.73 Å². The van der Waals surface area contributed by atoms with Crippen LogP contribution in [0.2, 0.25) is 0 Å². The van der Waals surface area contributed by atoms with E-state index in [-0.39, 0.29) is 6.61 Å². The number of aliphatic hydroxyl groups is 1. The average molecular weight is 228 g/mol. The van der Waals surface area contributed by atoms with Crippen molar-refractivity contribution in [3.8, 4) is 0 Å². The lowest BCUT2D eigenvalue weighted by Gasteiger charge is -2.40. The van der Waals surface area contributed by atoms with Crippen LogP contribution in [0.4, 0.5) is 0 Å². The van der Waals surface area contributed by atoms with Crippen LogP contribution in [0.3, 0.4) is 0 Å². The SMILES string of the molecule is CN(CC(C)(N)CO)C1CCC(C)(C)CC1. The van der Waals surface area contributed by atoms with Crippen molar-refractivity contribution in [2.75, 3.05) is 20.2 Å². The van der Waals surface area contributed by atoms with Crippen LogP contribution in [0.25, 0.3) is 0 Å². The molecule has 0 radical (unpaired) electrons. The van der Waals surface area contributed by atoms with Crippen molar-refractivity contribution in [2.24, 2.45) is 11.1 Å². The number of hydrogen-bond acceptors (Lipinski definition) is 3. The Labute approximate surface area is 100 Å². The van der Waals surface area contributed by atoms with Crippen LogP contribution in [0.1, 0.15) is 46.5 Å². The van der Waals surface area contributed by atoms with E-state index in [1.54, 1.807) is 0 Å². The monoisotopic (exact) mass is 228 g/mol. The molecular formula is C13H28N2O. The van der Waals surface area contributed by atoms with Gasteiger partial charge in [0.1, 0.15) is 0 Å². The zero-order chi connectivity index (χ0) is 12.4. The van der Waals surface area contributed by atoms with E-state index in [0.717, 1.165) is 6.54 Å². The molecule has 1 atom stereocenters. The fourth-order valence-corrected chi connectivity index (χ4v) is 2.57. The zero-order valence-corrected chi connectivity index (χ0v) is 11.3. The molecule has 16 heavy (non-hydrogen) atoms. The maximum atomic E-state index is 9.17. The first kappa shape index (κ1) is 13.9. The first-order chi connectivity index (χ1) is 7.26. The van der Waals surface area contributed by atoms with Gasteiger partial charge in [0.15, 0.2) is 0 Å². The summed E-state index contributed by atoms with van der Waals surface area (Å²) in [5.74, 6) is 0. The molecular weight excluding hydrogens is 200 g/mol. The summed E-state index contributed by atoms with van der Waals surface area (Å²) in [6.07, 6.45) is 5.10. The lowest BCUT2D eigenvalue weighted by Crippen LogP contribution is -2.52. The van der Waals surface area contributed by atoms with Gasteiger partial charge in [-0.1, -0.05) is 13.8 Å². The van der Waals surface area contributed by atoms with E-state index in [1.165, 1.54) is 25.7 Å². The van der Waals surface area contributed by atoms with Crippen molar-refractivity contribution in [2.45, 2.75) is 58.0 Å². The Morgan fingerprint density at radius 1 is 1.38 bits per heavy atom. The molecule has 1 fully saturated rings. The predicted molar refractivity (Wildman–Crippen MR) is 68.3 cm³/mol. The van der Waals surface area contributed by atoms with Crippen LogP contribution in [0, 0.1) is 5.41 Å². The van der Waals surface area contributed by atoms with E-state index in [9.17, 15) is 5.11 Å². The van der Waals surface area contributed by atoms with E-state index < -0.39 is 5.54 Å². The number of nitrogens with two attached hydrogens (primary N) is 1. The summed E-state index contributed by atoms with van der Waals surface area (Å²) in [5.41, 5.74) is 6.03. The Morgan fingerprint density at radius 3 is 2.31 bits per heavy atom. The Morgan fingerprint density at radius 2 is 1.88 bits per heavy atom. The smallest absolute Gasteiger partial charge is 0.0621 e. The number of nitrogens with zero attached hydrogens (tertiary/aromatic N) is 1. The van der Waals surface area contributed by atoms with Crippen LogP contribution in [0.15, 0.2) is 0 Å². The minimum Gasteiger partial charge on any atom is -0.394 e. The second-order valence-corrected chi connectivity index (χ2v) is 6.62. The standard InChI is InChI=1S/C13H28N2O/c1-12(2)7-5-11(6-8-12)15(4)9-13(3,14)10-16/h11,16H,5-10,14H2,1-4H3. The van der Waals surface area contributed by atoms with E-state index in [2.05, 4.69) is 25.8 Å². The first-order valence-corrected chi connectivity index (χ1v) is 6.36. The van der Waals surface area contributed by atoms with Crippen LogP contribution in [-0.4, -0.2) is 41.8 Å². The molecule has 1 aliphatic carbocycles. The van der Waals surface area contributed by atoms with Crippen molar-refractivity contribution in [3.05, 3.63) is 0 Å². The van der Waals surface area contributed by atoms with Gasteiger partial charge >= 0.3 is 0 Å². The number of aliphatic hydroxyl groups excluding tert-OH is 1. The van der Waals surface area contributed by atoms with Gasteiger partial charge in [-0.3, -0.25) is 0 Å². The Hall–Kier alpha value is -0.120. The second-order valence-electron chi connectivity index (χ2n) is 6.62. The molecule has 1 aliphatic rings. The van der Waals surface area contributed by atoms with Gasteiger partial charge < -0.3 is 15.7 Å². The molecule has 0 spiro atoms. The third-order valence-corrected chi connectivity index (χ3v) is 3.90. The third kappa shape index (κ3) is 4.04.